The van der Waals surface area contributed by atoms with Crippen LogP contribution in [0.5, 0.6) is 11.5 Å². The SMILES string of the molecule is CCCCc1nc2c(Cl)nc(C)nc2n1-c1c(Cl)cc(OC)cc1OC. The van der Waals surface area contributed by atoms with Gasteiger partial charge in [-0.15, -0.1) is 0 Å². The van der Waals surface area contributed by atoms with E-state index in [2.05, 4.69) is 21.9 Å². The molecule has 138 valence electrons. The molecule has 2 heterocycles. The number of rotatable bonds is 6. The Bertz CT molecular complexity index is 956. The molecule has 0 atom stereocenters. The Hall–Kier alpha value is -2.05. The molecule has 0 radical (unpaired) electrons. The molecule has 0 unspecified atom stereocenters. The predicted molar refractivity (Wildman–Crippen MR) is 103 cm³/mol. The largest absolute Gasteiger partial charge is 0.497 e. The Balaban J connectivity index is 2.36. The van der Waals surface area contributed by atoms with Gasteiger partial charge in [-0.25, -0.2) is 15.0 Å². The van der Waals surface area contributed by atoms with Crippen molar-refractivity contribution in [3.8, 4) is 17.2 Å². The van der Waals surface area contributed by atoms with Crippen molar-refractivity contribution in [1.82, 2.24) is 19.5 Å². The highest BCUT2D eigenvalue weighted by Gasteiger charge is 2.22. The topological polar surface area (TPSA) is 62.1 Å². The zero-order valence-electron chi connectivity index (χ0n) is 15.1. The van der Waals surface area contributed by atoms with Crippen LogP contribution in [0.1, 0.15) is 31.4 Å². The van der Waals surface area contributed by atoms with Crippen LogP contribution in [0.25, 0.3) is 16.9 Å². The smallest absolute Gasteiger partial charge is 0.170 e. The van der Waals surface area contributed by atoms with Gasteiger partial charge < -0.3 is 9.47 Å². The molecule has 0 saturated heterocycles. The van der Waals surface area contributed by atoms with Crippen LogP contribution in [-0.4, -0.2) is 33.7 Å². The Labute approximate surface area is 162 Å². The number of ether oxygens (including phenoxy) is 2. The van der Waals surface area contributed by atoms with Crippen LogP contribution in [0.15, 0.2) is 12.1 Å². The van der Waals surface area contributed by atoms with E-state index in [0.29, 0.717) is 44.4 Å². The van der Waals surface area contributed by atoms with E-state index in [0.717, 1.165) is 25.1 Å². The monoisotopic (exact) mass is 394 g/mol. The van der Waals surface area contributed by atoms with E-state index >= 15 is 0 Å². The van der Waals surface area contributed by atoms with Gasteiger partial charge in [0, 0.05) is 18.6 Å². The molecule has 2 aromatic heterocycles. The summed E-state index contributed by atoms with van der Waals surface area (Å²) >= 11 is 12.9. The molecule has 3 aromatic rings. The highest BCUT2D eigenvalue weighted by molar-refractivity contribution is 6.34. The molecular formula is C18H20Cl2N4O2. The Morgan fingerprint density at radius 3 is 2.50 bits per heavy atom. The molecule has 0 fully saturated rings. The third-order valence-electron chi connectivity index (χ3n) is 4.08. The van der Waals surface area contributed by atoms with E-state index in [1.165, 1.54) is 0 Å². The van der Waals surface area contributed by atoms with Crippen molar-refractivity contribution in [1.29, 1.82) is 0 Å². The number of aromatic nitrogens is 4. The average Bonchev–Trinajstić information content (AvgIpc) is 2.97. The lowest BCUT2D eigenvalue weighted by atomic mass is 10.2. The summed E-state index contributed by atoms with van der Waals surface area (Å²) in [7, 11) is 3.17. The summed E-state index contributed by atoms with van der Waals surface area (Å²) in [6.07, 6.45) is 2.77. The minimum Gasteiger partial charge on any atom is -0.497 e. The van der Waals surface area contributed by atoms with Gasteiger partial charge in [-0.2, -0.15) is 0 Å². The molecule has 0 N–H and O–H groups in total. The summed E-state index contributed by atoms with van der Waals surface area (Å²) in [6, 6.07) is 3.52. The number of aryl methyl sites for hydroxylation is 2. The third kappa shape index (κ3) is 3.31. The Morgan fingerprint density at radius 1 is 1.08 bits per heavy atom. The molecule has 26 heavy (non-hydrogen) atoms. The molecule has 0 bridgehead atoms. The standard InChI is InChI=1S/C18H20Cl2N4O2/c1-5-6-7-14-23-15-17(20)21-10(2)22-18(15)24(14)16-12(19)8-11(25-3)9-13(16)26-4/h8-9H,5-7H2,1-4H3. The van der Waals surface area contributed by atoms with Gasteiger partial charge in [-0.3, -0.25) is 4.57 Å². The highest BCUT2D eigenvalue weighted by Crippen LogP contribution is 2.38. The predicted octanol–water partition coefficient (Wildman–Crippen LogP) is 4.79. The summed E-state index contributed by atoms with van der Waals surface area (Å²) in [5.74, 6) is 2.56. The summed E-state index contributed by atoms with van der Waals surface area (Å²) in [4.78, 5) is 13.5. The second-order valence-electron chi connectivity index (χ2n) is 5.86. The molecule has 0 aliphatic rings. The number of hydrogen-bond donors (Lipinski definition) is 0. The number of benzene rings is 1. The van der Waals surface area contributed by atoms with Crippen molar-refractivity contribution < 1.29 is 9.47 Å². The van der Waals surface area contributed by atoms with Crippen LogP contribution in [0.2, 0.25) is 10.2 Å². The van der Waals surface area contributed by atoms with Crippen molar-refractivity contribution in [2.45, 2.75) is 33.1 Å². The van der Waals surface area contributed by atoms with Crippen molar-refractivity contribution in [2.24, 2.45) is 0 Å². The van der Waals surface area contributed by atoms with Crippen molar-refractivity contribution in [2.75, 3.05) is 14.2 Å². The van der Waals surface area contributed by atoms with Crippen LogP contribution in [0, 0.1) is 6.92 Å². The molecule has 0 aliphatic heterocycles. The Kier molecular flexibility index (Phi) is 5.53. The molecule has 0 saturated carbocycles. The molecule has 0 amide bonds. The fourth-order valence-corrected chi connectivity index (χ4v) is 3.38. The van der Waals surface area contributed by atoms with Gasteiger partial charge in [0.25, 0.3) is 0 Å². The molecule has 8 heteroatoms. The molecule has 3 rings (SSSR count). The molecule has 1 aromatic carbocycles. The molecule has 0 spiro atoms. The number of methoxy groups -OCH3 is 2. The number of nitrogens with zero attached hydrogens (tertiary/aromatic N) is 4. The quantitative estimate of drug-likeness (QED) is 0.562. The van der Waals surface area contributed by atoms with Crippen LogP contribution < -0.4 is 9.47 Å². The number of fused-ring (bicyclic) bond motifs is 1. The van der Waals surface area contributed by atoms with E-state index < -0.39 is 0 Å². The first-order chi connectivity index (χ1) is 12.5. The van der Waals surface area contributed by atoms with Crippen LogP contribution >= 0.6 is 23.2 Å². The van der Waals surface area contributed by atoms with E-state index in [1.54, 1.807) is 33.3 Å². The average molecular weight is 395 g/mol. The van der Waals surface area contributed by atoms with Gasteiger partial charge in [-0.1, -0.05) is 36.5 Å². The second-order valence-corrected chi connectivity index (χ2v) is 6.63. The summed E-state index contributed by atoms with van der Waals surface area (Å²) in [6.45, 7) is 3.92. The van der Waals surface area contributed by atoms with Gasteiger partial charge in [0.1, 0.15) is 34.4 Å². The molecular weight excluding hydrogens is 375 g/mol. The highest BCUT2D eigenvalue weighted by atomic mass is 35.5. The van der Waals surface area contributed by atoms with E-state index in [4.69, 9.17) is 32.7 Å². The zero-order valence-corrected chi connectivity index (χ0v) is 16.6. The van der Waals surface area contributed by atoms with Crippen LogP contribution in [0.4, 0.5) is 0 Å². The lowest BCUT2D eigenvalue weighted by Crippen LogP contribution is -2.06. The zero-order chi connectivity index (χ0) is 18.8. The van der Waals surface area contributed by atoms with Crippen molar-refractivity contribution >= 4 is 34.4 Å². The second kappa shape index (κ2) is 7.68. The van der Waals surface area contributed by atoms with Gasteiger partial charge in [0.2, 0.25) is 0 Å². The molecule has 6 nitrogen and oxygen atoms in total. The van der Waals surface area contributed by atoms with E-state index in [-0.39, 0.29) is 0 Å². The van der Waals surface area contributed by atoms with Crippen molar-refractivity contribution in [3.05, 3.63) is 34.0 Å². The fourth-order valence-electron chi connectivity index (χ4n) is 2.85. The third-order valence-corrected chi connectivity index (χ3v) is 4.63. The number of hydrogen-bond acceptors (Lipinski definition) is 5. The van der Waals surface area contributed by atoms with Gasteiger partial charge >= 0.3 is 0 Å². The first-order valence-corrected chi connectivity index (χ1v) is 9.09. The first-order valence-electron chi connectivity index (χ1n) is 8.33. The summed E-state index contributed by atoms with van der Waals surface area (Å²) in [5.41, 5.74) is 1.83. The lowest BCUT2D eigenvalue weighted by molar-refractivity contribution is 0.393. The van der Waals surface area contributed by atoms with Gasteiger partial charge in [0.15, 0.2) is 10.8 Å². The Morgan fingerprint density at radius 2 is 1.85 bits per heavy atom. The minimum atomic E-state index is 0.326. The maximum Gasteiger partial charge on any atom is 0.170 e. The lowest BCUT2D eigenvalue weighted by Gasteiger charge is -2.16. The van der Waals surface area contributed by atoms with E-state index in [9.17, 15) is 0 Å². The summed E-state index contributed by atoms with van der Waals surface area (Å²) in [5, 5.41) is 0.804. The van der Waals surface area contributed by atoms with Crippen LogP contribution in [0.3, 0.4) is 0 Å². The maximum absolute atomic E-state index is 6.58. The van der Waals surface area contributed by atoms with Gasteiger partial charge in [0.05, 0.1) is 19.2 Å². The molecule has 0 aliphatic carbocycles. The maximum atomic E-state index is 6.58. The number of unbranched alkanes of at least 4 members (excludes halogenated alkanes) is 1. The number of imidazole rings is 1. The normalized spacial score (nSPS) is 11.2. The number of halogens is 2. The van der Waals surface area contributed by atoms with Crippen LogP contribution in [-0.2, 0) is 6.42 Å². The van der Waals surface area contributed by atoms with E-state index in [1.807, 2.05) is 4.57 Å². The first kappa shape index (κ1) is 18.7. The minimum absolute atomic E-state index is 0.326. The summed E-state index contributed by atoms with van der Waals surface area (Å²) < 4.78 is 12.8. The van der Waals surface area contributed by atoms with Gasteiger partial charge in [-0.05, 0) is 13.3 Å². The van der Waals surface area contributed by atoms with Crippen molar-refractivity contribution in [3.63, 3.8) is 0 Å². The fraction of sp³-hybridized carbons (Fsp3) is 0.389.